The second-order valence-corrected chi connectivity index (χ2v) is 6.41. The Bertz CT molecular complexity index is 1140. The summed E-state index contributed by atoms with van der Waals surface area (Å²) in [4.78, 5) is 3.74. The van der Waals surface area contributed by atoms with Gasteiger partial charge in [-0.3, -0.25) is 0 Å². The molecule has 0 aliphatic heterocycles. The van der Waals surface area contributed by atoms with Crippen LogP contribution in [-0.2, 0) is 0 Å². The summed E-state index contributed by atoms with van der Waals surface area (Å²) < 4.78 is 54.6. The standard InChI is InChI=1S/C23H13F4NOS/c1-15-12-19(13-21(24)22(15)28-14-30)18-8-4-16(5-9-18)2-3-17-6-10-20(11-7-17)29-23(25,26)27/h4-13H,1H3. The van der Waals surface area contributed by atoms with Crippen molar-refractivity contribution in [1.82, 2.24) is 0 Å². The first-order valence-electron chi connectivity index (χ1n) is 8.61. The number of isothiocyanates is 1. The van der Waals surface area contributed by atoms with E-state index in [1.807, 2.05) is 0 Å². The van der Waals surface area contributed by atoms with Crippen LogP contribution in [-0.4, -0.2) is 11.5 Å². The number of halogens is 4. The van der Waals surface area contributed by atoms with Crippen LogP contribution in [0.15, 0.2) is 65.7 Å². The Morgan fingerprint density at radius 1 is 0.867 bits per heavy atom. The Balaban J connectivity index is 1.77. The third-order valence-corrected chi connectivity index (χ3v) is 4.16. The van der Waals surface area contributed by atoms with E-state index in [0.717, 1.165) is 5.56 Å². The van der Waals surface area contributed by atoms with Crippen molar-refractivity contribution < 1.29 is 22.3 Å². The molecule has 0 unspecified atom stereocenters. The van der Waals surface area contributed by atoms with Crippen LogP contribution in [0.4, 0.5) is 23.2 Å². The summed E-state index contributed by atoms with van der Waals surface area (Å²) in [5.41, 5.74) is 3.55. The summed E-state index contributed by atoms with van der Waals surface area (Å²) in [5, 5.41) is 2.17. The van der Waals surface area contributed by atoms with Gasteiger partial charge < -0.3 is 4.74 Å². The highest BCUT2D eigenvalue weighted by Gasteiger charge is 2.30. The highest BCUT2D eigenvalue weighted by molar-refractivity contribution is 7.78. The molecule has 0 radical (unpaired) electrons. The molecular weight excluding hydrogens is 414 g/mol. The minimum Gasteiger partial charge on any atom is -0.406 e. The van der Waals surface area contributed by atoms with Crippen molar-refractivity contribution in [3.05, 3.63) is 83.2 Å². The minimum atomic E-state index is -4.73. The second-order valence-electron chi connectivity index (χ2n) is 6.23. The van der Waals surface area contributed by atoms with E-state index in [9.17, 15) is 17.6 Å². The number of hydrogen-bond acceptors (Lipinski definition) is 3. The van der Waals surface area contributed by atoms with Gasteiger partial charge in [0.15, 0.2) is 5.82 Å². The van der Waals surface area contributed by atoms with Gasteiger partial charge in [-0.1, -0.05) is 24.0 Å². The summed E-state index contributed by atoms with van der Waals surface area (Å²) in [6, 6.07) is 15.6. The molecule has 0 aliphatic carbocycles. The van der Waals surface area contributed by atoms with Crippen molar-refractivity contribution in [1.29, 1.82) is 0 Å². The molecule has 0 saturated carbocycles. The zero-order chi connectivity index (χ0) is 21.7. The van der Waals surface area contributed by atoms with Crippen LogP contribution in [0.25, 0.3) is 11.1 Å². The first kappa shape index (κ1) is 21.3. The van der Waals surface area contributed by atoms with Gasteiger partial charge in [0, 0.05) is 11.1 Å². The number of ether oxygens (including phenoxy) is 1. The van der Waals surface area contributed by atoms with Gasteiger partial charge in [0.2, 0.25) is 0 Å². The van der Waals surface area contributed by atoms with E-state index in [1.54, 1.807) is 37.3 Å². The largest absolute Gasteiger partial charge is 0.573 e. The van der Waals surface area contributed by atoms with Crippen LogP contribution in [0.1, 0.15) is 16.7 Å². The maximum Gasteiger partial charge on any atom is 0.573 e. The molecule has 0 aliphatic rings. The average Bonchev–Trinajstić information content (AvgIpc) is 2.69. The number of aryl methyl sites for hydroxylation is 1. The molecule has 150 valence electrons. The molecule has 2 nitrogen and oxygen atoms in total. The number of alkyl halides is 3. The van der Waals surface area contributed by atoms with Crippen LogP contribution in [0, 0.1) is 24.6 Å². The molecule has 0 aromatic heterocycles. The van der Waals surface area contributed by atoms with Crippen LogP contribution >= 0.6 is 12.2 Å². The Morgan fingerprint density at radius 3 is 1.93 bits per heavy atom. The van der Waals surface area contributed by atoms with E-state index in [-0.39, 0.29) is 11.4 Å². The molecule has 0 spiro atoms. The molecule has 3 aromatic rings. The highest BCUT2D eigenvalue weighted by atomic mass is 32.1. The van der Waals surface area contributed by atoms with Gasteiger partial charge in [-0.25, -0.2) is 4.39 Å². The predicted molar refractivity (Wildman–Crippen MR) is 110 cm³/mol. The Labute approximate surface area is 175 Å². The maximum atomic E-state index is 14.2. The predicted octanol–water partition coefficient (Wildman–Crippen LogP) is 6.83. The fourth-order valence-electron chi connectivity index (χ4n) is 2.72. The lowest BCUT2D eigenvalue weighted by molar-refractivity contribution is -0.274. The molecule has 0 heterocycles. The first-order chi connectivity index (χ1) is 14.2. The van der Waals surface area contributed by atoms with E-state index >= 15 is 0 Å². The normalized spacial score (nSPS) is 10.6. The molecule has 3 rings (SSSR count). The van der Waals surface area contributed by atoms with Gasteiger partial charge in [-0.15, -0.1) is 13.2 Å². The summed E-state index contributed by atoms with van der Waals surface area (Å²) in [5.74, 6) is 5.02. The molecule has 0 saturated heterocycles. The summed E-state index contributed by atoms with van der Waals surface area (Å²) in [6.07, 6.45) is -4.73. The van der Waals surface area contributed by atoms with E-state index in [4.69, 9.17) is 0 Å². The molecule has 0 bridgehead atoms. The minimum absolute atomic E-state index is 0.169. The number of rotatable bonds is 3. The number of thiocarbonyl (C=S) groups is 1. The molecule has 30 heavy (non-hydrogen) atoms. The SMILES string of the molecule is Cc1cc(-c2ccc(C#Cc3ccc(OC(F)(F)F)cc3)cc2)cc(F)c1N=C=S. The summed E-state index contributed by atoms with van der Waals surface area (Å²) >= 11 is 4.53. The Morgan fingerprint density at radius 2 is 1.43 bits per heavy atom. The maximum absolute atomic E-state index is 14.2. The van der Waals surface area contributed by atoms with Gasteiger partial charge in [0.1, 0.15) is 11.4 Å². The molecule has 7 heteroatoms. The van der Waals surface area contributed by atoms with Crippen molar-refractivity contribution in [3.8, 4) is 28.7 Å². The number of aliphatic imine (C=N–C) groups is 1. The lowest BCUT2D eigenvalue weighted by Crippen LogP contribution is -2.16. The lowest BCUT2D eigenvalue weighted by atomic mass is 10.0. The van der Waals surface area contributed by atoms with Crippen molar-refractivity contribution in [3.63, 3.8) is 0 Å². The molecular formula is C23H13F4NOS. The van der Waals surface area contributed by atoms with Crippen LogP contribution in [0.3, 0.4) is 0 Å². The van der Waals surface area contributed by atoms with Crippen LogP contribution < -0.4 is 4.74 Å². The van der Waals surface area contributed by atoms with Gasteiger partial charge in [0.05, 0.1) is 5.16 Å². The average molecular weight is 427 g/mol. The van der Waals surface area contributed by atoms with E-state index < -0.39 is 12.2 Å². The topological polar surface area (TPSA) is 21.6 Å². The monoisotopic (exact) mass is 427 g/mol. The van der Waals surface area contributed by atoms with Gasteiger partial charge in [-0.2, -0.15) is 4.99 Å². The van der Waals surface area contributed by atoms with Gasteiger partial charge in [-0.05, 0) is 84.4 Å². The summed E-state index contributed by atoms with van der Waals surface area (Å²) in [7, 11) is 0. The fraction of sp³-hybridized carbons (Fsp3) is 0.0870. The number of benzene rings is 3. The van der Waals surface area contributed by atoms with Gasteiger partial charge >= 0.3 is 6.36 Å². The first-order valence-corrected chi connectivity index (χ1v) is 9.02. The number of hydrogen-bond donors (Lipinski definition) is 0. The molecule has 0 atom stereocenters. The molecule has 0 fully saturated rings. The molecule has 3 aromatic carbocycles. The van der Waals surface area contributed by atoms with Crippen molar-refractivity contribution in [2.24, 2.45) is 4.99 Å². The second kappa shape index (κ2) is 8.91. The smallest absolute Gasteiger partial charge is 0.406 e. The van der Waals surface area contributed by atoms with E-state index in [0.29, 0.717) is 22.3 Å². The molecule has 0 amide bonds. The zero-order valence-electron chi connectivity index (χ0n) is 15.5. The fourth-order valence-corrected chi connectivity index (χ4v) is 2.81. The Hall–Kier alpha value is -3.46. The summed E-state index contributed by atoms with van der Waals surface area (Å²) in [6.45, 7) is 1.74. The zero-order valence-corrected chi connectivity index (χ0v) is 16.4. The van der Waals surface area contributed by atoms with Crippen molar-refractivity contribution in [2.75, 3.05) is 0 Å². The van der Waals surface area contributed by atoms with Crippen LogP contribution in [0.5, 0.6) is 5.75 Å². The van der Waals surface area contributed by atoms with Crippen LogP contribution in [0.2, 0.25) is 0 Å². The van der Waals surface area contributed by atoms with Gasteiger partial charge in [0.25, 0.3) is 0 Å². The molecule has 0 N–H and O–H groups in total. The highest BCUT2D eigenvalue weighted by Crippen LogP contribution is 2.29. The third kappa shape index (κ3) is 5.54. The Kier molecular flexibility index (Phi) is 6.31. The lowest BCUT2D eigenvalue weighted by Gasteiger charge is -2.08. The quantitative estimate of drug-likeness (QED) is 0.198. The van der Waals surface area contributed by atoms with E-state index in [2.05, 4.69) is 38.9 Å². The third-order valence-electron chi connectivity index (χ3n) is 4.07. The van der Waals surface area contributed by atoms with Crippen molar-refractivity contribution in [2.45, 2.75) is 13.3 Å². The van der Waals surface area contributed by atoms with E-state index in [1.165, 1.54) is 30.3 Å². The van der Waals surface area contributed by atoms with Crippen molar-refractivity contribution >= 4 is 23.1 Å². The number of nitrogens with zero attached hydrogens (tertiary/aromatic N) is 1.